The minimum absolute atomic E-state index is 0.0247. The van der Waals surface area contributed by atoms with Gasteiger partial charge in [-0.3, -0.25) is 4.79 Å². The lowest BCUT2D eigenvalue weighted by atomic mass is 9.91. The van der Waals surface area contributed by atoms with Crippen LogP contribution in [-0.4, -0.2) is 5.78 Å². The molecule has 2 nitrogen and oxygen atoms in total. The van der Waals surface area contributed by atoms with E-state index in [0.717, 1.165) is 6.42 Å². The molecule has 1 atom stereocenters. The zero-order valence-electron chi connectivity index (χ0n) is 10.9. The van der Waals surface area contributed by atoms with E-state index in [0.29, 0.717) is 22.9 Å². The Bertz CT molecular complexity index is 486. The van der Waals surface area contributed by atoms with Gasteiger partial charge in [-0.2, -0.15) is 5.26 Å². The van der Waals surface area contributed by atoms with E-state index in [1.165, 1.54) is 25.7 Å². The number of hydrogen-bond acceptors (Lipinski definition) is 2. The van der Waals surface area contributed by atoms with Crippen molar-refractivity contribution in [3.8, 4) is 6.07 Å². The third-order valence-corrected chi connectivity index (χ3v) is 4.14. The van der Waals surface area contributed by atoms with Crippen LogP contribution in [0.3, 0.4) is 0 Å². The molecule has 19 heavy (non-hydrogen) atoms. The Morgan fingerprint density at radius 3 is 2.79 bits per heavy atom. The van der Waals surface area contributed by atoms with Crippen molar-refractivity contribution in [1.29, 1.82) is 5.26 Å². The zero-order chi connectivity index (χ0) is 13.7. The van der Waals surface area contributed by atoms with Crippen LogP contribution < -0.4 is 0 Å². The molecule has 3 heteroatoms. The van der Waals surface area contributed by atoms with Gasteiger partial charge >= 0.3 is 0 Å². The van der Waals surface area contributed by atoms with Gasteiger partial charge in [0.05, 0.1) is 6.07 Å². The first-order valence-electron chi connectivity index (χ1n) is 6.88. The molecule has 1 aliphatic carbocycles. The Kier molecular flexibility index (Phi) is 4.99. The highest BCUT2D eigenvalue weighted by atomic mass is 35.5. The van der Waals surface area contributed by atoms with Gasteiger partial charge in [-0.15, -0.1) is 0 Å². The Morgan fingerprint density at radius 1 is 1.42 bits per heavy atom. The largest absolute Gasteiger partial charge is 0.298 e. The molecule has 1 aromatic rings. The minimum Gasteiger partial charge on any atom is -0.298 e. The highest BCUT2D eigenvalue weighted by Crippen LogP contribution is 2.30. The van der Waals surface area contributed by atoms with Gasteiger partial charge in [0, 0.05) is 11.4 Å². The highest BCUT2D eigenvalue weighted by Gasteiger charge is 2.22. The van der Waals surface area contributed by atoms with E-state index in [2.05, 4.69) is 6.07 Å². The van der Waals surface area contributed by atoms with E-state index in [1.807, 2.05) is 0 Å². The predicted octanol–water partition coefficient (Wildman–Crippen LogP) is 4.49. The maximum absolute atomic E-state index is 12.2. The first-order valence-corrected chi connectivity index (χ1v) is 7.26. The highest BCUT2D eigenvalue weighted by molar-refractivity contribution is 6.30. The Morgan fingerprint density at radius 2 is 2.16 bits per heavy atom. The summed E-state index contributed by atoms with van der Waals surface area (Å²) in [7, 11) is 0. The lowest BCUT2D eigenvalue weighted by molar-refractivity contribution is -0.119. The van der Waals surface area contributed by atoms with E-state index >= 15 is 0 Å². The molecule has 0 aromatic heterocycles. The van der Waals surface area contributed by atoms with Crippen molar-refractivity contribution in [2.45, 2.75) is 44.4 Å². The van der Waals surface area contributed by atoms with Crippen LogP contribution in [-0.2, 0) is 4.79 Å². The van der Waals surface area contributed by atoms with E-state index in [1.54, 1.807) is 24.3 Å². The summed E-state index contributed by atoms with van der Waals surface area (Å²) in [6.07, 6.45) is 6.49. The number of ketones is 1. The van der Waals surface area contributed by atoms with Crippen molar-refractivity contribution in [1.82, 2.24) is 0 Å². The molecule has 2 rings (SSSR count). The van der Waals surface area contributed by atoms with Crippen LogP contribution in [0.2, 0.25) is 5.02 Å². The molecule has 0 aliphatic heterocycles. The van der Waals surface area contributed by atoms with E-state index in [-0.39, 0.29) is 5.78 Å². The van der Waals surface area contributed by atoms with Gasteiger partial charge in [-0.1, -0.05) is 49.4 Å². The molecule has 1 fully saturated rings. The van der Waals surface area contributed by atoms with Crippen molar-refractivity contribution in [2.75, 3.05) is 0 Å². The predicted molar refractivity (Wildman–Crippen MR) is 76.0 cm³/mol. The van der Waals surface area contributed by atoms with Crippen molar-refractivity contribution in [2.24, 2.45) is 5.92 Å². The number of carbonyl (C=O) groups is 1. The Hall–Kier alpha value is -1.33. The second kappa shape index (κ2) is 6.73. The monoisotopic (exact) mass is 275 g/mol. The van der Waals surface area contributed by atoms with Crippen molar-refractivity contribution in [3.05, 3.63) is 34.9 Å². The normalized spacial score (nSPS) is 17.1. The van der Waals surface area contributed by atoms with Crippen molar-refractivity contribution >= 4 is 17.4 Å². The number of nitrogens with zero attached hydrogens (tertiary/aromatic N) is 1. The summed E-state index contributed by atoms with van der Waals surface area (Å²) in [5, 5.41) is 9.79. The van der Waals surface area contributed by atoms with Crippen LogP contribution in [0.15, 0.2) is 24.3 Å². The minimum atomic E-state index is -0.667. The lowest BCUT2D eigenvalue weighted by Crippen LogP contribution is -2.12. The molecular formula is C16H18ClNO. The molecule has 0 bridgehead atoms. The fourth-order valence-electron chi connectivity index (χ4n) is 2.81. The van der Waals surface area contributed by atoms with E-state index in [4.69, 9.17) is 11.6 Å². The zero-order valence-corrected chi connectivity index (χ0v) is 11.7. The molecule has 1 saturated carbocycles. The van der Waals surface area contributed by atoms with Crippen LogP contribution in [0.25, 0.3) is 0 Å². The number of hydrogen-bond donors (Lipinski definition) is 0. The summed E-state index contributed by atoms with van der Waals surface area (Å²) in [6.45, 7) is 0. The van der Waals surface area contributed by atoms with Crippen LogP contribution in [0, 0.1) is 17.2 Å². The first-order chi connectivity index (χ1) is 9.20. The number of rotatable bonds is 5. The molecule has 0 amide bonds. The number of halogens is 1. The van der Waals surface area contributed by atoms with Crippen LogP contribution >= 0.6 is 11.6 Å². The van der Waals surface area contributed by atoms with Crippen molar-refractivity contribution in [3.63, 3.8) is 0 Å². The summed E-state index contributed by atoms with van der Waals surface area (Å²) in [5.41, 5.74) is 0.714. The van der Waals surface area contributed by atoms with Gasteiger partial charge in [-0.25, -0.2) is 0 Å². The topological polar surface area (TPSA) is 40.9 Å². The molecule has 1 unspecified atom stereocenters. The van der Waals surface area contributed by atoms with Gasteiger partial charge in [0.25, 0.3) is 0 Å². The molecule has 0 heterocycles. The summed E-state index contributed by atoms with van der Waals surface area (Å²) in [5.74, 6) is 0.0411. The summed E-state index contributed by atoms with van der Waals surface area (Å²) >= 11 is 5.91. The van der Waals surface area contributed by atoms with Gasteiger partial charge in [0.2, 0.25) is 0 Å². The molecule has 1 aromatic carbocycles. The van der Waals surface area contributed by atoms with Crippen LogP contribution in [0.4, 0.5) is 0 Å². The maximum atomic E-state index is 12.2. The second-order valence-electron chi connectivity index (χ2n) is 5.27. The van der Waals surface area contributed by atoms with Gasteiger partial charge < -0.3 is 0 Å². The molecule has 1 aliphatic rings. The molecule has 0 radical (unpaired) electrons. The second-order valence-corrected chi connectivity index (χ2v) is 5.71. The fourth-order valence-corrected chi connectivity index (χ4v) is 3.01. The SMILES string of the molecule is N#CC(C(=O)CCC1CCCC1)c1cccc(Cl)c1. The Balaban J connectivity index is 1.97. The standard InChI is InChI=1S/C16H18ClNO/c17-14-7-3-6-13(10-14)15(11-18)16(19)9-8-12-4-1-2-5-12/h3,6-7,10,12,15H,1-2,4-5,8-9H2. The average Bonchev–Trinajstić information content (AvgIpc) is 2.90. The van der Waals surface area contributed by atoms with Gasteiger partial charge in [0.15, 0.2) is 5.78 Å². The van der Waals surface area contributed by atoms with Gasteiger partial charge in [-0.05, 0) is 30.0 Å². The third-order valence-electron chi connectivity index (χ3n) is 3.91. The van der Waals surface area contributed by atoms with Gasteiger partial charge in [0.1, 0.15) is 5.92 Å². The average molecular weight is 276 g/mol. The summed E-state index contributed by atoms with van der Waals surface area (Å²) in [4.78, 5) is 12.2. The summed E-state index contributed by atoms with van der Waals surface area (Å²) in [6, 6.07) is 9.16. The van der Waals surface area contributed by atoms with E-state index < -0.39 is 5.92 Å². The Labute approximate surface area is 119 Å². The van der Waals surface area contributed by atoms with Crippen molar-refractivity contribution < 1.29 is 4.79 Å². The van der Waals surface area contributed by atoms with Crippen LogP contribution in [0.5, 0.6) is 0 Å². The number of nitriles is 1. The molecule has 100 valence electrons. The molecule has 0 spiro atoms. The van der Waals surface area contributed by atoms with E-state index in [9.17, 15) is 10.1 Å². The smallest absolute Gasteiger partial charge is 0.154 e. The lowest BCUT2D eigenvalue weighted by Gasteiger charge is -2.11. The van der Waals surface area contributed by atoms with Crippen LogP contribution in [0.1, 0.15) is 50.0 Å². The maximum Gasteiger partial charge on any atom is 0.154 e. The molecule has 0 saturated heterocycles. The molecular weight excluding hydrogens is 258 g/mol. The number of benzene rings is 1. The summed E-state index contributed by atoms with van der Waals surface area (Å²) < 4.78 is 0. The molecule has 0 N–H and O–H groups in total. The quantitative estimate of drug-likeness (QED) is 0.794. The fraction of sp³-hybridized carbons (Fsp3) is 0.500. The number of Topliss-reactive ketones (excluding diaryl/α,β-unsaturated/α-hetero) is 1. The first kappa shape index (κ1) is 14.1. The third kappa shape index (κ3) is 3.81. The number of carbonyl (C=O) groups excluding carboxylic acids is 1.